The smallest absolute Gasteiger partial charge is 0.306 e. The van der Waals surface area contributed by atoms with Gasteiger partial charge < -0.3 is 9.97 Å². The zero-order valence-electron chi connectivity index (χ0n) is 12.6. The van der Waals surface area contributed by atoms with Crippen molar-refractivity contribution in [2.24, 2.45) is 0 Å². The SMILES string of the molecule is CC(C)(NS(=O)(=O)c1ccc2[nH]c(=O)[nH]c2c1)c1ccncc1. The molecular formula is C15H16N4O3S. The number of nitrogens with one attached hydrogen (secondary N) is 3. The lowest BCUT2D eigenvalue weighted by molar-refractivity contribution is 0.471. The molecule has 1 aromatic carbocycles. The van der Waals surface area contributed by atoms with Gasteiger partial charge in [0.05, 0.1) is 21.5 Å². The van der Waals surface area contributed by atoms with Gasteiger partial charge in [0.2, 0.25) is 10.0 Å². The van der Waals surface area contributed by atoms with Gasteiger partial charge in [-0.15, -0.1) is 0 Å². The number of rotatable bonds is 4. The van der Waals surface area contributed by atoms with E-state index < -0.39 is 15.6 Å². The van der Waals surface area contributed by atoms with Crippen molar-refractivity contribution in [3.05, 3.63) is 58.8 Å². The van der Waals surface area contributed by atoms with Gasteiger partial charge >= 0.3 is 5.69 Å². The Morgan fingerprint density at radius 3 is 2.39 bits per heavy atom. The molecule has 23 heavy (non-hydrogen) atoms. The van der Waals surface area contributed by atoms with Crippen LogP contribution in [0.2, 0.25) is 0 Å². The average Bonchev–Trinajstić information content (AvgIpc) is 2.86. The highest BCUT2D eigenvalue weighted by Crippen LogP contribution is 2.23. The molecule has 7 nitrogen and oxygen atoms in total. The van der Waals surface area contributed by atoms with Crippen molar-refractivity contribution in [2.75, 3.05) is 0 Å². The number of hydrogen-bond acceptors (Lipinski definition) is 4. The fourth-order valence-electron chi connectivity index (χ4n) is 2.40. The molecule has 3 aromatic rings. The van der Waals surface area contributed by atoms with E-state index in [9.17, 15) is 13.2 Å². The molecule has 3 rings (SSSR count). The van der Waals surface area contributed by atoms with Crippen LogP contribution in [-0.2, 0) is 15.6 Å². The van der Waals surface area contributed by atoms with Crippen LogP contribution in [0.25, 0.3) is 11.0 Å². The number of benzene rings is 1. The van der Waals surface area contributed by atoms with Crippen LogP contribution in [0.3, 0.4) is 0 Å². The van der Waals surface area contributed by atoms with Crippen molar-refractivity contribution in [3.8, 4) is 0 Å². The van der Waals surface area contributed by atoms with E-state index in [-0.39, 0.29) is 10.6 Å². The van der Waals surface area contributed by atoms with Crippen LogP contribution in [0.4, 0.5) is 0 Å². The third-order valence-electron chi connectivity index (χ3n) is 3.59. The second-order valence-corrected chi connectivity index (χ2v) is 7.44. The molecule has 0 aliphatic rings. The van der Waals surface area contributed by atoms with Crippen LogP contribution in [0.1, 0.15) is 19.4 Å². The number of nitrogens with zero attached hydrogens (tertiary/aromatic N) is 1. The van der Waals surface area contributed by atoms with Crippen LogP contribution in [0.5, 0.6) is 0 Å². The molecule has 0 bridgehead atoms. The largest absolute Gasteiger partial charge is 0.323 e. The summed E-state index contributed by atoms with van der Waals surface area (Å²) in [6, 6.07) is 7.96. The van der Waals surface area contributed by atoms with E-state index in [0.29, 0.717) is 11.0 Å². The van der Waals surface area contributed by atoms with E-state index >= 15 is 0 Å². The van der Waals surface area contributed by atoms with Gasteiger partial charge in [-0.25, -0.2) is 17.9 Å². The molecule has 0 amide bonds. The molecule has 2 aromatic heterocycles. The van der Waals surface area contributed by atoms with Gasteiger partial charge in [-0.05, 0) is 49.7 Å². The summed E-state index contributed by atoms with van der Waals surface area (Å²) in [7, 11) is -3.75. The molecule has 8 heteroatoms. The van der Waals surface area contributed by atoms with Crippen LogP contribution in [0.15, 0.2) is 52.4 Å². The monoisotopic (exact) mass is 332 g/mol. The highest BCUT2D eigenvalue weighted by molar-refractivity contribution is 7.89. The molecule has 0 unspecified atom stereocenters. The maximum Gasteiger partial charge on any atom is 0.323 e. The maximum atomic E-state index is 12.6. The summed E-state index contributed by atoms with van der Waals surface area (Å²) in [5.41, 5.74) is 0.621. The summed E-state index contributed by atoms with van der Waals surface area (Å²) in [6.45, 7) is 3.55. The quantitative estimate of drug-likeness (QED) is 0.672. The number of aromatic amines is 2. The van der Waals surface area contributed by atoms with Gasteiger partial charge in [0.25, 0.3) is 0 Å². The Balaban J connectivity index is 1.98. The number of aromatic nitrogens is 3. The molecule has 0 fully saturated rings. The Hall–Kier alpha value is -2.45. The van der Waals surface area contributed by atoms with Crippen molar-refractivity contribution < 1.29 is 8.42 Å². The molecule has 0 atom stereocenters. The van der Waals surface area contributed by atoms with E-state index in [0.717, 1.165) is 5.56 Å². The number of imidazole rings is 1. The lowest BCUT2D eigenvalue weighted by Crippen LogP contribution is -2.40. The predicted molar refractivity (Wildman–Crippen MR) is 86.5 cm³/mol. The topological polar surface area (TPSA) is 108 Å². The Kier molecular flexibility index (Phi) is 3.57. The normalized spacial score (nSPS) is 12.6. The van der Waals surface area contributed by atoms with Gasteiger partial charge in [0.1, 0.15) is 0 Å². The highest BCUT2D eigenvalue weighted by atomic mass is 32.2. The predicted octanol–water partition coefficient (Wildman–Crippen LogP) is 1.46. The minimum atomic E-state index is -3.75. The summed E-state index contributed by atoms with van der Waals surface area (Å²) in [4.78, 5) is 20.4. The Morgan fingerprint density at radius 2 is 1.70 bits per heavy atom. The molecule has 120 valence electrons. The molecule has 2 heterocycles. The molecule has 0 aliphatic heterocycles. The molecule has 0 spiro atoms. The molecule has 0 saturated heterocycles. The summed E-state index contributed by atoms with van der Waals surface area (Å²) in [5, 5.41) is 0. The van der Waals surface area contributed by atoms with E-state index in [1.807, 2.05) is 0 Å². The van der Waals surface area contributed by atoms with Crippen molar-refractivity contribution in [1.82, 2.24) is 19.7 Å². The number of fused-ring (bicyclic) bond motifs is 1. The highest BCUT2D eigenvalue weighted by Gasteiger charge is 2.28. The maximum absolute atomic E-state index is 12.6. The first-order valence-electron chi connectivity index (χ1n) is 6.94. The van der Waals surface area contributed by atoms with Crippen molar-refractivity contribution in [2.45, 2.75) is 24.3 Å². The first-order valence-corrected chi connectivity index (χ1v) is 8.43. The van der Waals surface area contributed by atoms with Gasteiger partial charge in [-0.3, -0.25) is 4.98 Å². The van der Waals surface area contributed by atoms with Crippen molar-refractivity contribution in [3.63, 3.8) is 0 Å². The first kappa shape index (κ1) is 15.4. The van der Waals surface area contributed by atoms with E-state index in [1.54, 1.807) is 44.4 Å². The Morgan fingerprint density at radius 1 is 1.04 bits per heavy atom. The third kappa shape index (κ3) is 3.03. The second kappa shape index (κ2) is 5.32. The van der Waals surface area contributed by atoms with Crippen molar-refractivity contribution >= 4 is 21.1 Å². The van der Waals surface area contributed by atoms with Crippen LogP contribution < -0.4 is 10.4 Å². The van der Waals surface area contributed by atoms with E-state index in [4.69, 9.17) is 0 Å². The van der Waals surface area contributed by atoms with E-state index in [1.165, 1.54) is 12.1 Å². The van der Waals surface area contributed by atoms with Crippen molar-refractivity contribution in [1.29, 1.82) is 0 Å². The summed E-state index contributed by atoms with van der Waals surface area (Å²) < 4.78 is 28.0. The standard InChI is InChI=1S/C15H16N4O3S/c1-15(2,10-5-7-16-8-6-10)19-23(21,22)11-3-4-12-13(9-11)18-14(20)17-12/h3-9,19H,1-2H3,(H2,17,18,20). The zero-order valence-corrected chi connectivity index (χ0v) is 13.4. The number of hydrogen-bond donors (Lipinski definition) is 3. The van der Waals surface area contributed by atoms with Gasteiger partial charge in [0.15, 0.2) is 0 Å². The number of pyridine rings is 1. The van der Waals surface area contributed by atoms with Gasteiger partial charge in [-0.2, -0.15) is 0 Å². The average molecular weight is 332 g/mol. The second-order valence-electron chi connectivity index (χ2n) is 5.75. The lowest BCUT2D eigenvalue weighted by Gasteiger charge is -2.26. The third-order valence-corrected chi connectivity index (χ3v) is 5.24. The number of sulfonamides is 1. The summed E-state index contributed by atoms with van der Waals surface area (Å²) >= 11 is 0. The fraction of sp³-hybridized carbons (Fsp3) is 0.200. The molecule has 3 N–H and O–H groups in total. The zero-order chi connectivity index (χ0) is 16.7. The van der Waals surface area contributed by atoms with Crippen LogP contribution >= 0.6 is 0 Å². The first-order chi connectivity index (χ1) is 10.8. The molecule has 0 aliphatic carbocycles. The molecule has 0 saturated carbocycles. The summed E-state index contributed by atoms with van der Waals surface area (Å²) in [6.07, 6.45) is 3.23. The van der Waals surface area contributed by atoms with Crippen LogP contribution in [-0.4, -0.2) is 23.4 Å². The summed E-state index contributed by atoms with van der Waals surface area (Å²) in [5.74, 6) is 0. The van der Waals surface area contributed by atoms with Gasteiger partial charge in [-0.1, -0.05) is 0 Å². The van der Waals surface area contributed by atoms with Crippen LogP contribution in [0, 0.1) is 0 Å². The minimum absolute atomic E-state index is 0.0855. The molecular weight excluding hydrogens is 316 g/mol. The van der Waals surface area contributed by atoms with E-state index in [2.05, 4.69) is 19.7 Å². The minimum Gasteiger partial charge on any atom is -0.306 e. The Bertz CT molecular complexity index is 1000. The Labute approximate surface area is 132 Å². The fourth-order valence-corrected chi connectivity index (χ4v) is 3.83. The lowest BCUT2D eigenvalue weighted by atomic mass is 9.97. The number of H-pyrrole nitrogens is 2. The molecule has 0 radical (unpaired) electrons. The van der Waals surface area contributed by atoms with Gasteiger partial charge in [0, 0.05) is 12.4 Å².